The minimum atomic E-state index is -0.921. The van der Waals surface area contributed by atoms with E-state index in [1.54, 1.807) is 12.1 Å². The van der Waals surface area contributed by atoms with Gasteiger partial charge in [0.25, 0.3) is 0 Å². The van der Waals surface area contributed by atoms with Crippen LogP contribution >= 0.6 is 0 Å². The second-order valence-electron chi connectivity index (χ2n) is 6.20. The molecule has 4 rings (SSSR count). The molecule has 1 aliphatic rings. The van der Waals surface area contributed by atoms with Crippen LogP contribution in [0.5, 0.6) is 5.75 Å². The van der Waals surface area contributed by atoms with Crippen LogP contribution in [0.4, 0.5) is 8.78 Å². The number of aromatic nitrogens is 1. The number of hydrogen-bond donors (Lipinski definition) is 1. The van der Waals surface area contributed by atoms with E-state index in [9.17, 15) is 8.78 Å². The maximum absolute atomic E-state index is 14.4. The van der Waals surface area contributed by atoms with Gasteiger partial charge < -0.3 is 9.84 Å². The van der Waals surface area contributed by atoms with E-state index in [0.717, 1.165) is 24.5 Å². The second kappa shape index (κ2) is 6.41. The lowest BCUT2D eigenvalue weighted by atomic mass is 10.0. The highest BCUT2D eigenvalue weighted by atomic mass is 19.2. The Hall–Kier alpha value is -2.53. The predicted octanol–water partition coefficient (Wildman–Crippen LogP) is 4.43. The quantitative estimate of drug-likeness (QED) is 0.746. The molecule has 1 aliphatic carbocycles. The number of pyridine rings is 1. The molecule has 128 valence electrons. The van der Waals surface area contributed by atoms with Gasteiger partial charge >= 0.3 is 0 Å². The number of nitrogens with zero attached hydrogens (tertiary/aromatic N) is 1. The van der Waals surface area contributed by atoms with Crippen LogP contribution in [-0.4, -0.2) is 23.3 Å². The lowest BCUT2D eigenvalue weighted by Gasteiger charge is -2.13. The van der Waals surface area contributed by atoms with Crippen molar-refractivity contribution in [2.75, 3.05) is 13.2 Å². The van der Waals surface area contributed by atoms with Gasteiger partial charge in [0.1, 0.15) is 17.9 Å². The lowest BCUT2D eigenvalue weighted by Crippen LogP contribution is -2.03. The van der Waals surface area contributed by atoms with Crippen molar-refractivity contribution < 1.29 is 18.6 Å². The number of hydrogen-bond acceptors (Lipinski definition) is 3. The van der Waals surface area contributed by atoms with Crippen molar-refractivity contribution >= 4 is 10.9 Å². The number of rotatable bonds is 5. The molecule has 1 heterocycles. The fourth-order valence-corrected chi connectivity index (χ4v) is 3.09. The molecule has 0 radical (unpaired) electrons. The van der Waals surface area contributed by atoms with E-state index in [1.807, 2.05) is 24.3 Å². The molecule has 1 fully saturated rings. The van der Waals surface area contributed by atoms with Gasteiger partial charge in [-0.1, -0.05) is 12.1 Å². The van der Waals surface area contributed by atoms with E-state index >= 15 is 0 Å². The zero-order valence-corrected chi connectivity index (χ0v) is 13.5. The van der Waals surface area contributed by atoms with Crippen LogP contribution < -0.4 is 4.74 Å². The predicted molar refractivity (Wildman–Crippen MR) is 91.7 cm³/mol. The zero-order valence-electron chi connectivity index (χ0n) is 13.5. The molecule has 1 aromatic heterocycles. The number of ether oxygens (including phenoxy) is 1. The minimum Gasteiger partial charge on any atom is -0.490 e. The molecule has 1 saturated carbocycles. The molecular weight excluding hydrogens is 324 g/mol. The summed E-state index contributed by atoms with van der Waals surface area (Å²) < 4.78 is 33.6. The monoisotopic (exact) mass is 341 g/mol. The molecule has 2 aromatic carbocycles. The average Bonchev–Trinajstić information content (AvgIpc) is 3.48. The molecular formula is C20H17F2NO2. The fraction of sp³-hybridized carbons (Fsp3) is 0.250. The van der Waals surface area contributed by atoms with Crippen molar-refractivity contribution in [1.82, 2.24) is 4.98 Å². The summed E-state index contributed by atoms with van der Waals surface area (Å²) in [6.07, 6.45) is 2.08. The van der Waals surface area contributed by atoms with Crippen LogP contribution in [0.25, 0.3) is 22.2 Å². The Morgan fingerprint density at radius 1 is 1.12 bits per heavy atom. The lowest BCUT2D eigenvalue weighted by molar-refractivity contribution is 0.202. The Balaban J connectivity index is 1.92. The summed E-state index contributed by atoms with van der Waals surface area (Å²) >= 11 is 0. The van der Waals surface area contributed by atoms with Gasteiger partial charge in [-0.2, -0.15) is 0 Å². The number of fused-ring (bicyclic) bond motifs is 1. The van der Waals surface area contributed by atoms with E-state index < -0.39 is 11.6 Å². The van der Waals surface area contributed by atoms with Gasteiger partial charge in [-0.15, -0.1) is 0 Å². The van der Waals surface area contributed by atoms with Crippen molar-refractivity contribution in [1.29, 1.82) is 0 Å². The van der Waals surface area contributed by atoms with E-state index in [-0.39, 0.29) is 18.7 Å². The van der Waals surface area contributed by atoms with Gasteiger partial charge in [-0.05, 0) is 54.7 Å². The van der Waals surface area contributed by atoms with Crippen LogP contribution in [0.3, 0.4) is 0 Å². The summed E-state index contributed by atoms with van der Waals surface area (Å²) in [5.74, 6) is -0.902. The molecule has 1 N–H and O–H groups in total. The highest BCUT2D eigenvalue weighted by Gasteiger charge is 2.28. The minimum absolute atomic E-state index is 0.0522. The van der Waals surface area contributed by atoms with Gasteiger partial charge in [0.05, 0.1) is 12.3 Å². The molecule has 0 amide bonds. The molecule has 0 bridgehead atoms. The van der Waals surface area contributed by atoms with E-state index in [2.05, 4.69) is 4.98 Å². The molecule has 0 atom stereocenters. The largest absolute Gasteiger partial charge is 0.490 e. The Morgan fingerprint density at radius 2 is 1.92 bits per heavy atom. The summed E-state index contributed by atoms with van der Waals surface area (Å²) in [5, 5.41) is 9.66. The number of para-hydroxylation sites is 1. The highest BCUT2D eigenvalue weighted by Crippen LogP contribution is 2.45. The van der Waals surface area contributed by atoms with Crippen molar-refractivity contribution in [3.63, 3.8) is 0 Å². The standard InChI is InChI=1S/C20H17F2NO2/c21-16-8-7-13-15(12-5-6-12)11-17(23-20(13)19(16)22)14-3-1-2-4-18(14)25-10-9-24/h1-4,7-8,11-12,24H,5-6,9-10H2. The SMILES string of the molecule is OCCOc1ccccc1-c1cc(C2CC2)c2ccc(F)c(F)c2n1. The summed E-state index contributed by atoms with van der Waals surface area (Å²) in [6.45, 7) is 0.0513. The maximum Gasteiger partial charge on any atom is 0.185 e. The third kappa shape index (κ3) is 2.96. The zero-order chi connectivity index (χ0) is 17.4. The summed E-state index contributed by atoms with van der Waals surface area (Å²) in [7, 11) is 0. The number of aliphatic hydroxyl groups is 1. The molecule has 0 unspecified atom stereocenters. The first-order valence-electron chi connectivity index (χ1n) is 8.30. The Bertz CT molecular complexity index is 938. The van der Waals surface area contributed by atoms with Crippen molar-refractivity contribution in [3.8, 4) is 17.0 Å². The maximum atomic E-state index is 14.4. The van der Waals surface area contributed by atoms with Crippen LogP contribution in [0.1, 0.15) is 24.3 Å². The number of aliphatic hydroxyl groups excluding tert-OH is 1. The fourth-order valence-electron chi connectivity index (χ4n) is 3.09. The van der Waals surface area contributed by atoms with E-state index in [4.69, 9.17) is 9.84 Å². The molecule has 3 aromatic rings. The second-order valence-corrected chi connectivity index (χ2v) is 6.20. The topological polar surface area (TPSA) is 42.4 Å². The molecule has 25 heavy (non-hydrogen) atoms. The van der Waals surface area contributed by atoms with Gasteiger partial charge in [-0.3, -0.25) is 0 Å². The van der Waals surface area contributed by atoms with Crippen LogP contribution in [0, 0.1) is 11.6 Å². The summed E-state index contributed by atoms with van der Waals surface area (Å²) in [6, 6.07) is 12.0. The van der Waals surface area contributed by atoms with Gasteiger partial charge in [0.2, 0.25) is 0 Å². The van der Waals surface area contributed by atoms with Crippen molar-refractivity contribution in [3.05, 3.63) is 59.7 Å². The molecule has 3 nitrogen and oxygen atoms in total. The van der Waals surface area contributed by atoms with Gasteiger partial charge in [0, 0.05) is 10.9 Å². The highest BCUT2D eigenvalue weighted by molar-refractivity contribution is 5.87. The summed E-state index contributed by atoms with van der Waals surface area (Å²) in [4.78, 5) is 4.39. The number of halogens is 2. The van der Waals surface area contributed by atoms with E-state index in [0.29, 0.717) is 28.3 Å². The summed E-state index contributed by atoms with van der Waals surface area (Å²) in [5.41, 5.74) is 2.29. The molecule has 0 saturated heterocycles. The molecule has 5 heteroatoms. The van der Waals surface area contributed by atoms with Crippen molar-refractivity contribution in [2.24, 2.45) is 0 Å². The molecule has 0 aliphatic heterocycles. The Morgan fingerprint density at radius 3 is 2.68 bits per heavy atom. The first kappa shape index (κ1) is 16.0. The first-order valence-corrected chi connectivity index (χ1v) is 8.30. The van der Waals surface area contributed by atoms with Gasteiger partial charge in [0.15, 0.2) is 11.6 Å². The smallest absolute Gasteiger partial charge is 0.185 e. The Kier molecular flexibility index (Phi) is 4.09. The first-order chi connectivity index (χ1) is 12.2. The average molecular weight is 341 g/mol. The van der Waals surface area contributed by atoms with E-state index in [1.165, 1.54) is 0 Å². The van der Waals surface area contributed by atoms with Crippen LogP contribution in [-0.2, 0) is 0 Å². The van der Waals surface area contributed by atoms with Gasteiger partial charge in [-0.25, -0.2) is 13.8 Å². The number of benzene rings is 2. The third-order valence-electron chi connectivity index (χ3n) is 4.43. The van der Waals surface area contributed by atoms with Crippen LogP contribution in [0.2, 0.25) is 0 Å². The van der Waals surface area contributed by atoms with Crippen LogP contribution in [0.15, 0.2) is 42.5 Å². The molecule has 0 spiro atoms. The third-order valence-corrected chi connectivity index (χ3v) is 4.43. The normalized spacial score (nSPS) is 14.0. The Labute approximate surface area is 143 Å². The van der Waals surface area contributed by atoms with Crippen molar-refractivity contribution in [2.45, 2.75) is 18.8 Å².